The molecule has 0 aromatic rings. The van der Waals surface area contributed by atoms with Crippen LogP contribution in [0.1, 0.15) is 38.5 Å². The molecule has 2 fully saturated rings. The molecule has 1 aliphatic carbocycles. The Morgan fingerprint density at radius 1 is 1.38 bits per heavy atom. The van der Waals surface area contributed by atoms with Gasteiger partial charge in [-0.15, -0.1) is 0 Å². The highest BCUT2D eigenvalue weighted by Gasteiger charge is 2.42. The van der Waals surface area contributed by atoms with E-state index in [9.17, 15) is 9.90 Å². The minimum absolute atomic E-state index is 0.186. The Morgan fingerprint density at radius 3 is 2.56 bits per heavy atom. The van der Waals surface area contributed by atoms with Crippen molar-refractivity contribution in [3.05, 3.63) is 0 Å². The van der Waals surface area contributed by atoms with Crippen molar-refractivity contribution in [3.8, 4) is 0 Å². The predicted molar refractivity (Wildman–Crippen MR) is 61.8 cm³/mol. The van der Waals surface area contributed by atoms with E-state index < -0.39 is 0 Å². The van der Waals surface area contributed by atoms with E-state index >= 15 is 0 Å². The lowest BCUT2D eigenvalue weighted by Gasteiger charge is -2.37. The molecule has 0 aromatic heterocycles. The van der Waals surface area contributed by atoms with Gasteiger partial charge in [0.25, 0.3) is 0 Å². The van der Waals surface area contributed by atoms with Gasteiger partial charge in [-0.2, -0.15) is 0 Å². The first-order chi connectivity index (χ1) is 7.68. The van der Waals surface area contributed by atoms with Crippen LogP contribution in [0.5, 0.6) is 0 Å². The molecule has 0 aromatic carbocycles. The zero-order valence-electron chi connectivity index (χ0n) is 9.82. The van der Waals surface area contributed by atoms with Gasteiger partial charge in [-0.1, -0.05) is 19.3 Å². The summed E-state index contributed by atoms with van der Waals surface area (Å²) in [6.45, 7) is 1.65. The number of aliphatic hydroxyl groups excluding tert-OH is 1. The summed E-state index contributed by atoms with van der Waals surface area (Å²) in [5.74, 6) is 0.186. The van der Waals surface area contributed by atoms with Gasteiger partial charge in [0, 0.05) is 19.6 Å². The zero-order chi connectivity index (χ0) is 11.6. The number of hydrogen-bond acceptors (Lipinski definition) is 3. The summed E-state index contributed by atoms with van der Waals surface area (Å²) in [6, 6.07) is 0. The molecule has 1 saturated heterocycles. The number of carbonyl (C=O) groups is 1. The highest BCUT2D eigenvalue weighted by atomic mass is 16.3. The summed E-state index contributed by atoms with van der Waals surface area (Å²) in [5.41, 5.74) is 5.51. The Morgan fingerprint density at radius 2 is 2.06 bits per heavy atom. The summed E-state index contributed by atoms with van der Waals surface area (Å²) in [7, 11) is 0. The molecular weight excluding hydrogens is 204 g/mol. The predicted octanol–water partition coefficient (Wildman–Crippen LogP) is 0.489. The summed E-state index contributed by atoms with van der Waals surface area (Å²) < 4.78 is 0. The average molecular weight is 226 g/mol. The second-order valence-electron chi connectivity index (χ2n) is 5.24. The fourth-order valence-electron chi connectivity index (χ4n) is 3.00. The summed E-state index contributed by atoms with van der Waals surface area (Å²) in [5, 5.41) is 9.48. The molecule has 4 nitrogen and oxygen atoms in total. The van der Waals surface area contributed by atoms with E-state index in [1.165, 1.54) is 6.42 Å². The molecule has 1 amide bonds. The molecule has 0 unspecified atom stereocenters. The lowest BCUT2D eigenvalue weighted by molar-refractivity contribution is -0.142. The minimum Gasteiger partial charge on any atom is -0.391 e. The number of amides is 1. The number of aliphatic hydroxyl groups is 1. The van der Waals surface area contributed by atoms with E-state index in [4.69, 9.17) is 5.73 Å². The van der Waals surface area contributed by atoms with Crippen molar-refractivity contribution >= 4 is 5.91 Å². The van der Waals surface area contributed by atoms with E-state index in [0.717, 1.165) is 25.7 Å². The fraction of sp³-hybridized carbons (Fsp3) is 0.917. The average Bonchev–Trinajstić information content (AvgIpc) is 2.76. The van der Waals surface area contributed by atoms with Gasteiger partial charge in [0.15, 0.2) is 0 Å². The van der Waals surface area contributed by atoms with Crippen LogP contribution in [-0.2, 0) is 4.79 Å². The smallest absolute Gasteiger partial charge is 0.230 e. The summed E-state index contributed by atoms with van der Waals surface area (Å²) >= 11 is 0. The third-order valence-corrected chi connectivity index (χ3v) is 4.11. The minimum atomic E-state index is -0.331. The topological polar surface area (TPSA) is 66.6 Å². The highest BCUT2D eigenvalue weighted by molar-refractivity contribution is 5.83. The number of carbonyl (C=O) groups excluding carboxylic acids is 1. The molecule has 0 radical (unpaired) electrons. The number of hydrogen-bond donors (Lipinski definition) is 2. The maximum atomic E-state index is 12.4. The van der Waals surface area contributed by atoms with Gasteiger partial charge in [0.1, 0.15) is 0 Å². The van der Waals surface area contributed by atoms with E-state index in [1.54, 1.807) is 0 Å². The maximum absolute atomic E-state index is 12.4. The first-order valence-corrected chi connectivity index (χ1v) is 6.35. The van der Waals surface area contributed by atoms with Crippen LogP contribution in [-0.4, -0.2) is 41.7 Å². The van der Waals surface area contributed by atoms with Crippen LogP contribution >= 0.6 is 0 Å². The van der Waals surface area contributed by atoms with Crippen molar-refractivity contribution in [2.24, 2.45) is 11.1 Å². The second-order valence-corrected chi connectivity index (χ2v) is 5.24. The van der Waals surface area contributed by atoms with Gasteiger partial charge in [0.2, 0.25) is 5.91 Å². The molecule has 1 atom stereocenters. The normalized spacial score (nSPS) is 29.4. The van der Waals surface area contributed by atoms with Gasteiger partial charge in [-0.25, -0.2) is 0 Å². The number of rotatable bonds is 2. The van der Waals surface area contributed by atoms with Crippen LogP contribution < -0.4 is 5.73 Å². The SMILES string of the molecule is NCC1(C(=O)N2CC[C@H](O)C2)CCCCC1. The van der Waals surface area contributed by atoms with E-state index in [1.807, 2.05) is 4.90 Å². The molecule has 16 heavy (non-hydrogen) atoms. The molecular formula is C12H22N2O2. The second kappa shape index (κ2) is 4.72. The molecule has 0 bridgehead atoms. The van der Waals surface area contributed by atoms with Crippen molar-refractivity contribution in [3.63, 3.8) is 0 Å². The molecule has 1 saturated carbocycles. The molecule has 3 N–H and O–H groups in total. The van der Waals surface area contributed by atoms with Crippen LogP contribution in [0.4, 0.5) is 0 Å². The fourth-order valence-corrected chi connectivity index (χ4v) is 3.00. The Labute approximate surface area is 96.8 Å². The molecule has 4 heteroatoms. The Hall–Kier alpha value is -0.610. The van der Waals surface area contributed by atoms with Gasteiger partial charge >= 0.3 is 0 Å². The molecule has 2 rings (SSSR count). The van der Waals surface area contributed by atoms with Gasteiger partial charge in [0.05, 0.1) is 11.5 Å². The van der Waals surface area contributed by atoms with Crippen molar-refractivity contribution in [2.45, 2.75) is 44.6 Å². The van der Waals surface area contributed by atoms with Crippen LogP contribution in [0.2, 0.25) is 0 Å². The van der Waals surface area contributed by atoms with Gasteiger partial charge in [-0.3, -0.25) is 4.79 Å². The van der Waals surface area contributed by atoms with Gasteiger partial charge < -0.3 is 15.7 Å². The standard InChI is InChI=1S/C12H22N2O2/c13-9-12(5-2-1-3-6-12)11(16)14-7-4-10(15)8-14/h10,15H,1-9,13H2/t10-/m0/s1. The molecule has 2 aliphatic rings. The van der Waals surface area contributed by atoms with Crippen molar-refractivity contribution < 1.29 is 9.90 Å². The largest absolute Gasteiger partial charge is 0.391 e. The number of β-amino-alcohol motifs (C(OH)–C–C–N with tert-alkyl or cyclic N) is 1. The molecule has 1 heterocycles. The van der Waals surface area contributed by atoms with Crippen molar-refractivity contribution in [1.29, 1.82) is 0 Å². The monoisotopic (exact) mass is 226 g/mol. The Bertz CT molecular complexity index is 262. The quantitative estimate of drug-likeness (QED) is 0.720. The third-order valence-electron chi connectivity index (χ3n) is 4.11. The lowest BCUT2D eigenvalue weighted by Crippen LogP contribution is -2.48. The first kappa shape index (κ1) is 11.9. The lowest BCUT2D eigenvalue weighted by atomic mass is 9.73. The van der Waals surface area contributed by atoms with Crippen LogP contribution in [0, 0.1) is 5.41 Å². The van der Waals surface area contributed by atoms with E-state index in [0.29, 0.717) is 26.1 Å². The highest BCUT2D eigenvalue weighted by Crippen LogP contribution is 2.37. The molecule has 1 aliphatic heterocycles. The van der Waals surface area contributed by atoms with E-state index in [-0.39, 0.29) is 17.4 Å². The van der Waals surface area contributed by atoms with E-state index in [2.05, 4.69) is 0 Å². The van der Waals surface area contributed by atoms with Crippen LogP contribution in [0.15, 0.2) is 0 Å². The van der Waals surface area contributed by atoms with Crippen LogP contribution in [0.3, 0.4) is 0 Å². The summed E-state index contributed by atoms with van der Waals surface area (Å²) in [6.07, 6.45) is 5.68. The number of nitrogens with zero attached hydrogens (tertiary/aromatic N) is 1. The maximum Gasteiger partial charge on any atom is 0.230 e. The number of likely N-dealkylation sites (tertiary alicyclic amines) is 1. The van der Waals surface area contributed by atoms with Crippen molar-refractivity contribution in [1.82, 2.24) is 4.90 Å². The molecule has 0 spiro atoms. The Balaban J connectivity index is 2.05. The Kier molecular flexibility index (Phi) is 3.50. The first-order valence-electron chi connectivity index (χ1n) is 6.35. The number of nitrogens with two attached hydrogens (primary N) is 1. The van der Waals surface area contributed by atoms with Crippen molar-refractivity contribution in [2.75, 3.05) is 19.6 Å². The molecule has 92 valence electrons. The van der Waals surface area contributed by atoms with Crippen LogP contribution in [0.25, 0.3) is 0 Å². The summed E-state index contributed by atoms with van der Waals surface area (Å²) in [4.78, 5) is 14.2. The third kappa shape index (κ3) is 2.09. The van der Waals surface area contributed by atoms with Gasteiger partial charge in [-0.05, 0) is 19.3 Å². The zero-order valence-corrected chi connectivity index (χ0v) is 9.82.